The van der Waals surface area contributed by atoms with Crippen molar-refractivity contribution in [3.05, 3.63) is 35.9 Å². The predicted octanol–water partition coefficient (Wildman–Crippen LogP) is 2.07. The van der Waals surface area contributed by atoms with Gasteiger partial charge in [-0.25, -0.2) is 0 Å². The van der Waals surface area contributed by atoms with Gasteiger partial charge < -0.3 is 4.90 Å². The normalized spacial score (nSPS) is 18.2. The highest BCUT2D eigenvalue weighted by molar-refractivity contribution is 6.32. The highest BCUT2D eigenvalue weighted by Gasteiger charge is 2.27. The van der Waals surface area contributed by atoms with E-state index in [2.05, 4.69) is 0 Å². The van der Waals surface area contributed by atoms with Gasteiger partial charge in [0, 0.05) is 18.2 Å². The minimum Gasteiger partial charge on any atom is -0.311 e. The lowest BCUT2D eigenvalue weighted by Gasteiger charge is -2.07. The number of carbonyl (C=O) groups excluding carboxylic acids is 1. The van der Waals surface area contributed by atoms with Crippen LogP contribution in [-0.4, -0.2) is 13.0 Å². The topological polar surface area (TPSA) is 20.3 Å². The second-order valence-electron chi connectivity index (χ2n) is 3.08. The molecule has 0 spiro atoms. The Labute approximate surface area is 77.5 Å². The number of fused-ring (bicyclic) bond motifs is 1. The first-order valence-electron chi connectivity index (χ1n) is 4.29. The van der Waals surface area contributed by atoms with Crippen LogP contribution < -0.4 is 4.90 Å². The minimum atomic E-state index is 0.0868. The first kappa shape index (κ1) is 8.05. The van der Waals surface area contributed by atoms with Crippen LogP contribution >= 0.6 is 0 Å². The second kappa shape index (κ2) is 2.73. The van der Waals surface area contributed by atoms with Gasteiger partial charge in [-0.15, -0.1) is 0 Å². The lowest BCUT2D eigenvalue weighted by molar-refractivity contribution is -0.112. The van der Waals surface area contributed by atoms with Crippen LogP contribution in [-0.2, 0) is 4.79 Å². The number of anilines is 1. The fourth-order valence-electron chi connectivity index (χ4n) is 1.68. The highest BCUT2D eigenvalue weighted by Crippen LogP contribution is 2.34. The summed E-state index contributed by atoms with van der Waals surface area (Å²) in [6.45, 7) is 1.89. The van der Waals surface area contributed by atoms with Gasteiger partial charge in [0.1, 0.15) is 0 Å². The first-order valence-corrected chi connectivity index (χ1v) is 4.29. The number of benzene rings is 1. The molecule has 1 aromatic carbocycles. The second-order valence-corrected chi connectivity index (χ2v) is 3.08. The van der Waals surface area contributed by atoms with Crippen LogP contribution in [0.25, 0.3) is 5.57 Å². The monoisotopic (exact) mass is 173 g/mol. The number of amides is 1. The number of allylic oxidation sites excluding steroid dienone is 1. The van der Waals surface area contributed by atoms with Gasteiger partial charge in [0.15, 0.2) is 0 Å². The number of hydrogen-bond donors (Lipinski definition) is 0. The Balaban J connectivity index is 2.67. The Morgan fingerprint density at radius 1 is 1.31 bits per heavy atom. The van der Waals surface area contributed by atoms with Crippen LogP contribution in [0.2, 0.25) is 0 Å². The molecule has 1 aliphatic heterocycles. The Morgan fingerprint density at radius 3 is 2.69 bits per heavy atom. The van der Waals surface area contributed by atoms with Crippen molar-refractivity contribution in [2.45, 2.75) is 6.92 Å². The van der Waals surface area contributed by atoms with Crippen molar-refractivity contribution in [1.82, 2.24) is 0 Å². The van der Waals surface area contributed by atoms with Crippen LogP contribution in [0.4, 0.5) is 5.69 Å². The third-order valence-corrected chi connectivity index (χ3v) is 2.38. The molecule has 0 aromatic heterocycles. The Morgan fingerprint density at radius 2 is 2.00 bits per heavy atom. The summed E-state index contributed by atoms with van der Waals surface area (Å²) < 4.78 is 0. The highest BCUT2D eigenvalue weighted by atomic mass is 16.2. The number of rotatable bonds is 0. The van der Waals surface area contributed by atoms with Crippen LogP contribution in [0.1, 0.15) is 12.5 Å². The molecule has 1 aliphatic rings. The minimum absolute atomic E-state index is 0.0868. The zero-order valence-electron chi connectivity index (χ0n) is 7.74. The molecule has 0 saturated carbocycles. The van der Waals surface area contributed by atoms with Gasteiger partial charge >= 0.3 is 0 Å². The first-order chi connectivity index (χ1) is 6.25. The van der Waals surface area contributed by atoms with E-state index in [4.69, 9.17) is 0 Å². The molecule has 2 heteroatoms. The maximum absolute atomic E-state index is 11.7. The largest absolute Gasteiger partial charge is 0.311 e. The summed E-state index contributed by atoms with van der Waals surface area (Å²) >= 11 is 0. The molecular formula is C11H11NO. The molecule has 2 nitrogen and oxygen atoms in total. The summed E-state index contributed by atoms with van der Waals surface area (Å²) in [5.74, 6) is 0.0868. The third kappa shape index (κ3) is 0.985. The molecule has 0 atom stereocenters. The van der Waals surface area contributed by atoms with Crippen molar-refractivity contribution < 1.29 is 4.79 Å². The number of para-hydroxylation sites is 1. The quantitative estimate of drug-likeness (QED) is 0.550. The van der Waals surface area contributed by atoms with E-state index < -0.39 is 0 Å². The molecule has 0 radical (unpaired) electrons. The number of likely N-dealkylation sites (N-methyl/N-ethyl adjacent to an activating group) is 1. The van der Waals surface area contributed by atoms with E-state index in [-0.39, 0.29) is 5.91 Å². The van der Waals surface area contributed by atoms with E-state index in [1.165, 1.54) is 0 Å². The van der Waals surface area contributed by atoms with E-state index in [0.29, 0.717) is 0 Å². The molecule has 2 rings (SSSR count). The van der Waals surface area contributed by atoms with Crippen LogP contribution in [0, 0.1) is 0 Å². The maximum Gasteiger partial charge on any atom is 0.258 e. The Kier molecular flexibility index (Phi) is 1.69. The fourth-order valence-corrected chi connectivity index (χ4v) is 1.68. The van der Waals surface area contributed by atoms with E-state index in [0.717, 1.165) is 16.8 Å². The van der Waals surface area contributed by atoms with E-state index in [1.807, 2.05) is 37.3 Å². The van der Waals surface area contributed by atoms with Crippen molar-refractivity contribution in [3.63, 3.8) is 0 Å². The van der Waals surface area contributed by atoms with E-state index >= 15 is 0 Å². The van der Waals surface area contributed by atoms with E-state index in [1.54, 1.807) is 11.9 Å². The molecular weight excluding hydrogens is 162 g/mol. The van der Waals surface area contributed by atoms with Gasteiger partial charge in [0.2, 0.25) is 0 Å². The molecule has 13 heavy (non-hydrogen) atoms. The summed E-state index contributed by atoms with van der Waals surface area (Å²) in [5, 5.41) is 0. The van der Waals surface area contributed by atoms with Gasteiger partial charge in [0.05, 0.1) is 5.69 Å². The molecule has 0 aliphatic carbocycles. The van der Waals surface area contributed by atoms with Crippen molar-refractivity contribution in [1.29, 1.82) is 0 Å². The molecule has 0 N–H and O–H groups in total. The summed E-state index contributed by atoms with van der Waals surface area (Å²) in [7, 11) is 1.80. The molecule has 1 aromatic rings. The number of nitrogens with zero attached hydrogens (tertiary/aromatic N) is 1. The Bertz CT molecular complexity index is 393. The van der Waals surface area contributed by atoms with Gasteiger partial charge in [-0.3, -0.25) is 4.79 Å². The average molecular weight is 173 g/mol. The van der Waals surface area contributed by atoms with Crippen LogP contribution in [0.5, 0.6) is 0 Å². The van der Waals surface area contributed by atoms with Crippen molar-refractivity contribution in [3.8, 4) is 0 Å². The zero-order valence-corrected chi connectivity index (χ0v) is 7.74. The summed E-state index contributed by atoms with van der Waals surface area (Å²) in [6.07, 6.45) is 1.87. The molecule has 0 bridgehead atoms. The lowest BCUT2D eigenvalue weighted by Crippen LogP contribution is -2.20. The third-order valence-electron chi connectivity index (χ3n) is 2.38. The maximum atomic E-state index is 11.7. The van der Waals surface area contributed by atoms with Crippen molar-refractivity contribution in [2.24, 2.45) is 0 Å². The molecule has 0 fully saturated rings. The Hall–Kier alpha value is -1.57. The summed E-state index contributed by atoms with van der Waals surface area (Å²) in [6, 6.07) is 7.84. The van der Waals surface area contributed by atoms with Gasteiger partial charge in [-0.1, -0.05) is 24.3 Å². The fraction of sp³-hybridized carbons (Fsp3) is 0.182. The predicted molar refractivity (Wildman–Crippen MR) is 53.5 cm³/mol. The number of carbonyl (C=O) groups is 1. The number of hydrogen-bond acceptors (Lipinski definition) is 1. The average Bonchev–Trinajstić information content (AvgIpc) is 2.41. The van der Waals surface area contributed by atoms with Gasteiger partial charge in [-0.05, 0) is 13.0 Å². The lowest BCUT2D eigenvalue weighted by atomic mass is 10.1. The van der Waals surface area contributed by atoms with E-state index in [9.17, 15) is 4.79 Å². The molecule has 66 valence electrons. The standard InChI is InChI=1S/C11H11NO/c1-3-8-9-6-4-5-7-10(9)12(2)11(8)13/h3-7H,1-2H3/b8-3-. The molecule has 1 heterocycles. The molecule has 0 unspecified atom stereocenters. The van der Waals surface area contributed by atoms with Gasteiger partial charge in [0.25, 0.3) is 5.91 Å². The van der Waals surface area contributed by atoms with Crippen molar-refractivity contribution in [2.75, 3.05) is 11.9 Å². The SMILES string of the molecule is C/C=C1\C(=O)N(C)c2ccccc21. The van der Waals surface area contributed by atoms with Gasteiger partial charge in [-0.2, -0.15) is 0 Å². The summed E-state index contributed by atoms with van der Waals surface area (Å²) in [5.41, 5.74) is 2.84. The van der Waals surface area contributed by atoms with Crippen LogP contribution in [0.15, 0.2) is 30.3 Å². The smallest absolute Gasteiger partial charge is 0.258 e. The molecule has 0 saturated heterocycles. The molecule has 1 amide bonds. The summed E-state index contributed by atoms with van der Waals surface area (Å²) in [4.78, 5) is 13.3. The zero-order chi connectivity index (χ0) is 9.42. The van der Waals surface area contributed by atoms with Crippen molar-refractivity contribution >= 4 is 17.2 Å². The van der Waals surface area contributed by atoms with Crippen LogP contribution in [0.3, 0.4) is 0 Å².